The van der Waals surface area contributed by atoms with Crippen LogP contribution in [0.5, 0.6) is 11.6 Å². The second kappa shape index (κ2) is 7.98. The summed E-state index contributed by atoms with van der Waals surface area (Å²) in [4.78, 5) is 4.42. The van der Waals surface area contributed by atoms with E-state index in [0.29, 0.717) is 11.8 Å². The predicted molar refractivity (Wildman–Crippen MR) is 100.0 cm³/mol. The first-order valence-corrected chi connectivity index (χ1v) is 9.05. The Labute approximate surface area is 150 Å². The van der Waals surface area contributed by atoms with Gasteiger partial charge in [0.25, 0.3) is 0 Å². The molecule has 1 aliphatic heterocycles. The van der Waals surface area contributed by atoms with Gasteiger partial charge < -0.3 is 14.8 Å². The first-order valence-electron chi connectivity index (χ1n) is 9.05. The molecular formula is C21H28N2O2. The van der Waals surface area contributed by atoms with Gasteiger partial charge in [0, 0.05) is 24.9 Å². The highest BCUT2D eigenvalue weighted by molar-refractivity contribution is 5.37. The molecule has 0 amide bonds. The molecule has 4 nitrogen and oxygen atoms in total. The Kier molecular flexibility index (Phi) is 5.71. The fourth-order valence-corrected chi connectivity index (χ4v) is 3.37. The van der Waals surface area contributed by atoms with Crippen LogP contribution in [0.4, 0.5) is 0 Å². The van der Waals surface area contributed by atoms with Crippen LogP contribution < -0.4 is 10.1 Å². The van der Waals surface area contributed by atoms with Crippen molar-refractivity contribution in [3.8, 4) is 11.6 Å². The van der Waals surface area contributed by atoms with E-state index in [1.807, 2.05) is 37.3 Å². The lowest BCUT2D eigenvalue weighted by Crippen LogP contribution is -2.37. The summed E-state index contributed by atoms with van der Waals surface area (Å²) in [6, 6.07) is 12.0. The molecule has 0 aliphatic carbocycles. The van der Waals surface area contributed by atoms with E-state index < -0.39 is 0 Å². The third-order valence-corrected chi connectivity index (χ3v) is 4.70. The van der Waals surface area contributed by atoms with Crippen molar-refractivity contribution in [2.24, 2.45) is 5.92 Å². The number of benzene rings is 1. The Hall–Kier alpha value is -1.91. The lowest BCUT2D eigenvalue weighted by atomic mass is 9.88. The second-order valence-corrected chi connectivity index (χ2v) is 7.43. The van der Waals surface area contributed by atoms with Crippen molar-refractivity contribution in [1.82, 2.24) is 10.3 Å². The zero-order chi connectivity index (χ0) is 17.7. The average Bonchev–Trinajstić information content (AvgIpc) is 2.57. The molecular weight excluding hydrogens is 312 g/mol. The van der Waals surface area contributed by atoms with Crippen LogP contribution in [0, 0.1) is 12.8 Å². The molecule has 1 fully saturated rings. The van der Waals surface area contributed by atoms with Gasteiger partial charge in [0.05, 0.1) is 5.60 Å². The molecule has 1 aliphatic rings. The van der Waals surface area contributed by atoms with E-state index in [0.717, 1.165) is 49.4 Å². The topological polar surface area (TPSA) is 43.4 Å². The Morgan fingerprint density at radius 2 is 2.08 bits per heavy atom. The lowest BCUT2D eigenvalue weighted by Gasteiger charge is -2.35. The first kappa shape index (κ1) is 17.9. The van der Waals surface area contributed by atoms with Crippen LogP contribution in [0.3, 0.4) is 0 Å². The van der Waals surface area contributed by atoms with E-state index in [1.165, 1.54) is 0 Å². The monoisotopic (exact) mass is 340 g/mol. The molecule has 0 spiro atoms. The Bertz CT molecular complexity index is 700. The van der Waals surface area contributed by atoms with E-state index in [-0.39, 0.29) is 5.60 Å². The summed E-state index contributed by atoms with van der Waals surface area (Å²) in [5.74, 6) is 2.19. The zero-order valence-corrected chi connectivity index (χ0v) is 15.4. The number of nitrogens with zero attached hydrogens (tertiary/aromatic N) is 1. The number of nitrogens with one attached hydrogen (secondary N) is 1. The number of rotatable bonds is 6. The molecule has 1 N–H and O–H groups in total. The van der Waals surface area contributed by atoms with Crippen molar-refractivity contribution in [2.45, 2.75) is 45.8 Å². The van der Waals surface area contributed by atoms with E-state index >= 15 is 0 Å². The normalized spacial score (nSPS) is 19.6. The number of hydrogen-bond acceptors (Lipinski definition) is 4. The average molecular weight is 340 g/mol. The van der Waals surface area contributed by atoms with Crippen LogP contribution in [-0.2, 0) is 11.3 Å². The minimum Gasteiger partial charge on any atom is -0.438 e. The number of para-hydroxylation sites is 1. The molecule has 0 saturated carbocycles. The number of pyridine rings is 1. The zero-order valence-electron chi connectivity index (χ0n) is 15.4. The Balaban J connectivity index is 1.59. The Morgan fingerprint density at radius 1 is 1.24 bits per heavy atom. The molecule has 0 radical (unpaired) electrons. The third-order valence-electron chi connectivity index (χ3n) is 4.70. The van der Waals surface area contributed by atoms with Gasteiger partial charge in [-0.05, 0) is 63.8 Å². The van der Waals surface area contributed by atoms with Crippen LogP contribution in [0.25, 0.3) is 0 Å². The maximum atomic E-state index is 6.04. The summed E-state index contributed by atoms with van der Waals surface area (Å²) < 4.78 is 11.8. The molecule has 1 aromatic heterocycles. The SMILES string of the molecule is Cc1ccccc1Oc1ncccc1CNC[C@@H]1CCOC(C)(C)C1. The van der Waals surface area contributed by atoms with Crippen LogP contribution >= 0.6 is 0 Å². The quantitative estimate of drug-likeness (QED) is 0.842. The largest absolute Gasteiger partial charge is 0.438 e. The maximum Gasteiger partial charge on any atom is 0.223 e. The van der Waals surface area contributed by atoms with E-state index in [9.17, 15) is 0 Å². The Morgan fingerprint density at radius 3 is 2.88 bits per heavy atom. The van der Waals surface area contributed by atoms with Gasteiger partial charge in [0.15, 0.2) is 0 Å². The summed E-state index contributed by atoms with van der Waals surface area (Å²) >= 11 is 0. The third kappa shape index (κ3) is 5.03. The minimum atomic E-state index is -0.00198. The van der Waals surface area contributed by atoms with E-state index in [4.69, 9.17) is 9.47 Å². The number of aryl methyl sites for hydroxylation is 1. The highest BCUT2D eigenvalue weighted by Gasteiger charge is 2.28. The summed E-state index contributed by atoms with van der Waals surface area (Å²) in [5.41, 5.74) is 2.19. The number of hydrogen-bond donors (Lipinski definition) is 1. The molecule has 0 unspecified atom stereocenters. The predicted octanol–water partition coefficient (Wildman–Crippen LogP) is 4.48. The van der Waals surface area contributed by atoms with Crippen molar-refractivity contribution >= 4 is 0 Å². The van der Waals surface area contributed by atoms with E-state index in [1.54, 1.807) is 6.20 Å². The van der Waals surface area contributed by atoms with Gasteiger partial charge in [-0.25, -0.2) is 4.98 Å². The molecule has 2 aromatic rings. The fourth-order valence-electron chi connectivity index (χ4n) is 3.37. The van der Waals surface area contributed by atoms with Crippen LogP contribution in [-0.4, -0.2) is 23.7 Å². The van der Waals surface area contributed by atoms with Crippen molar-refractivity contribution < 1.29 is 9.47 Å². The van der Waals surface area contributed by atoms with Gasteiger partial charge in [0.1, 0.15) is 5.75 Å². The van der Waals surface area contributed by atoms with Gasteiger partial charge in [-0.3, -0.25) is 0 Å². The first-order chi connectivity index (χ1) is 12.0. The van der Waals surface area contributed by atoms with Gasteiger partial charge >= 0.3 is 0 Å². The standard InChI is InChI=1S/C21H28N2O2/c1-16-7-4-5-9-19(16)25-20-18(8-6-11-23-20)15-22-14-17-10-12-24-21(2,3)13-17/h4-9,11,17,22H,10,12-15H2,1-3H3/t17-/m1/s1. The molecule has 2 heterocycles. The number of ether oxygens (including phenoxy) is 2. The van der Waals surface area contributed by atoms with Crippen molar-refractivity contribution in [3.05, 3.63) is 53.7 Å². The van der Waals surface area contributed by atoms with Crippen LogP contribution in [0.15, 0.2) is 42.6 Å². The van der Waals surface area contributed by atoms with Gasteiger partial charge in [-0.15, -0.1) is 0 Å². The molecule has 3 rings (SSSR count). The highest BCUT2D eigenvalue weighted by Crippen LogP contribution is 2.29. The fraction of sp³-hybridized carbons (Fsp3) is 0.476. The molecule has 1 atom stereocenters. The number of aromatic nitrogens is 1. The van der Waals surface area contributed by atoms with Gasteiger partial charge in [-0.1, -0.05) is 24.3 Å². The van der Waals surface area contributed by atoms with E-state index in [2.05, 4.69) is 30.2 Å². The summed E-state index contributed by atoms with van der Waals surface area (Å²) in [7, 11) is 0. The molecule has 1 saturated heterocycles. The highest BCUT2D eigenvalue weighted by atomic mass is 16.5. The molecule has 4 heteroatoms. The van der Waals surface area contributed by atoms with Crippen molar-refractivity contribution in [1.29, 1.82) is 0 Å². The van der Waals surface area contributed by atoms with Gasteiger partial charge in [0.2, 0.25) is 5.88 Å². The summed E-state index contributed by atoms with van der Waals surface area (Å²) in [5, 5.41) is 3.57. The minimum absolute atomic E-state index is 0.00198. The van der Waals surface area contributed by atoms with Crippen molar-refractivity contribution in [2.75, 3.05) is 13.2 Å². The van der Waals surface area contributed by atoms with Crippen molar-refractivity contribution in [3.63, 3.8) is 0 Å². The summed E-state index contributed by atoms with van der Waals surface area (Å²) in [6.07, 6.45) is 3.99. The smallest absolute Gasteiger partial charge is 0.223 e. The molecule has 0 bridgehead atoms. The molecule has 25 heavy (non-hydrogen) atoms. The lowest BCUT2D eigenvalue weighted by molar-refractivity contribution is -0.0718. The maximum absolute atomic E-state index is 6.04. The second-order valence-electron chi connectivity index (χ2n) is 7.43. The van der Waals surface area contributed by atoms with Crippen LogP contribution in [0.2, 0.25) is 0 Å². The van der Waals surface area contributed by atoms with Crippen LogP contribution in [0.1, 0.15) is 37.8 Å². The summed E-state index contributed by atoms with van der Waals surface area (Å²) in [6.45, 7) is 9.00. The van der Waals surface area contributed by atoms with Gasteiger partial charge in [-0.2, -0.15) is 0 Å². The molecule has 1 aromatic carbocycles. The molecule has 134 valence electrons.